The summed E-state index contributed by atoms with van der Waals surface area (Å²) in [5.41, 5.74) is 0.168. The summed E-state index contributed by atoms with van der Waals surface area (Å²) in [5.74, 6) is -1.35. The Morgan fingerprint density at radius 3 is 2.63 bits per heavy atom. The van der Waals surface area contributed by atoms with E-state index >= 15 is 0 Å². The Balaban J connectivity index is 2.43. The molecule has 0 bridgehead atoms. The average Bonchev–Trinajstić information content (AvgIpc) is 2.36. The van der Waals surface area contributed by atoms with Crippen LogP contribution in [0.1, 0.15) is 18.3 Å². The Hall–Kier alpha value is -1.75. The fourth-order valence-corrected chi connectivity index (χ4v) is 1.97. The lowest BCUT2D eigenvalue weighted by molar-refractivity contribution is 0.506. The van der Waals surface area contributed by atoms with Crippen LogP contribution in [0.5, 0.6) is 0 Å². The lowest BCUT2D eigenvalue weighted by Crippen LogP contribution is -2.24. The Labute approximate surface area is 113 Å². The molecule has 0 fully saturated rings. The summed E-state index contributed by atoms with van der Waals surface area (Å²) in [5, 5.41) is 0.128. The van der Waals surface area contributed by atoms with Crippen LogP contribution in [0.3, 0.4) is 0 Å². The van der Waals surface area contributed by atoms with Crippen LogP contribution in [0.4, 0.5) is 8.78 Å². The maximum atomic E-state index is 13.1. The van der Waals surface area contributed by atoms with E-state index < -0.39 is 11.6 Å². The van der Waals surface area contributed by atoms with Gasteiger partial charge in [0.1, 0.15) is 11.0 Å². The standard InChI is InChI=1S/C13H11ClF2N2O/c1-2-12-17-11(14)6-13(19)18(12)7-8-3-4-9(15)10(16)5-8/h3-6H,2,7H2,1H3. The predicted octanol–water partition coefficient (Wildman–Crippen LogP) is 2.79. The number of hydrogen-bond donors (Lipinski definition) is 0. The van der Waals surface area contributed by atoms with Crippen LogP contribution < -0.4 is 5.56 Å². The largest absolute Gasteiger partial charge is 0.292 e. The second kappa shape index (κ2) is 5.48. The van der Waals surface area contributed by atoms with Gasteiger partial charge in [-0.3, -0.25) is 9.36 Å². The molecular formula is C13H11ClF2N2O. The summed E-state index contributed by atoms with van der Waals surface area (Å²) in [4.78, 5) is 15.9. The lowest BCUT2D eigenvalue weighted by Gasteiger charge is -2.11. The van der Waals surface area contributed by atoms with Crippen LogP contribution >= 0.6 is 11.6 Å². The molecule has 1 aromatic carbocycles. The fourth-order valence-electron chi connectivity index (χ4n) is 1.78. The van der Waals surface area contributed by atoms with Gasteiger partial charge in [0.25, 0.3) is 5.56 Å². The molecule has 0 aliphatic rings. The summed E-state index contributed by atoms with van der Waals surface area (Å²) < 4.78 is 27.4. The molecular weight excluding hydrogens is 274 g/mol. The molecule has 1 aromatic heterocycles. The van der Waals surface area contributed by atoms with Crippen LogP contribution in [0.2, 0.25) is 5.15 Å². The monoisotopic (exact) mass is 284 g/mol. The highest BCUT2D eigenvalue weighted by atomic mass is 35.5. The minimum atomic E-state index is -0.939. The van der Waals surface area contributed by atoms with Crippen molar-refractivity contribution in [2.75, 3.05) is 0 Å². The quantitative estimate of drug-likeness (QED) is 0.813. The van der Waals surface area contributed by atoms with Crippen LogP contribution in [0.25, 0.3) is 0 Å². The van der Waals surface area contributed by atoms with Gasteiger partial charge in [0, 0.05) is 12.5 Å². The van der Waals surface area contributed by atoms with Gasteiger partial charge in [-0.05, 0) is 17.7 Å². The van der Waals surface area contributed by atoms with E-state index in [-0.39, 0.29) is 17.3 Å². The van der Waals surface area contributed by atoms with Crippen molar-refractivity contribution in [1.29, 1.82) is 0 Å². The molecule has 2 aromatic rings. The molecule has 3 nitrogen and oxygen atoms in total. The number of nitrogens with zero attached hydrogens (tertiary/aromatic N) is 2. The SMILES string of the molecule is CCc1nc(Cl)cc(=O)n1Cc1ccc(F)c(F)c1. The Kier molecular flexibility index (Phi) is 3.95. The van der Waals surface area contributed by atoms with E-state index in [0.717, 1.165) is 12.1 Å². The zero-order chi connectivity index (χ0) is 14.0. The molecule has 0 radical (unpaired) electrons. The van der Waals surface area contributed by atoms with Crippen molar-refractivity contribution in [2.24, 2.45) is 0 Å². The smallest absolute Gasteiger partial charge is 0.255 e. The van der Waals surface area contributed by atoms with Gasteiger partial charge in [-0.2, -0.15) is 0 Å². The molecule has 0 aliphatic carbocycles. The first-order valence-corrected chi connectivity index (χ1v) is 6.09. The van der Waals surface area contributed by atoms with Gasteiger partial charge >= 0.3 is 0 Å². The first kappa shape index (κ1) is 13.7. The van der Waals surface area contributed by atoms with E-state index in [4.69, 9.17) is 11.6 Å². The second-order valence-corrected chi connectivity index (χ2v) is 4.41. The van der Waals surface area contributed by atoms with Gasteiger partial charge in [-0.1, -0.05) is 24.6 Å². The van der Waals surface area contributed by atoms with Gasteiger partial charge in [0.05, 0.1) is 6.54 Å². The molecule has 2 rings (SSSR count). The highest BCUT2D eigenvalue weighted by molar-refractivity contribution is 6.29. The first-order chi connectivity index (χ1) is 9.01. The molecule has 0 saturated heterocycles. The van der Waals surface area contributed by atoms with Gasteiger partial charge in [0.2, 0.25) is 0 Å². The zero-order valence-corrected chi connectivity index (χ0v) is 10.9. The average molecular weight is 285 g/mol. The van der Waals surface area contributed by atoms with Crippen LogP contribution in [-0.4, -0.2) is 9.55 Å². The minimum absolute atomic E-state index is 0.128. The highest BCUT2D eigenvalue weighted by Crippen LogP contribution is 2.11. The van der Waals surface area contributed by atoms with E-state index in [0.29, 0.717) is 17.8 Å². The third kappa shape index (κ3) is 2.98. The summed E-state index contributed by atoms with van der Waals surface area (Å²) in [7, 11) is 0. The molecule has 0 N–H and O–H groups in total. The summed E-state index contributed by atoms with van der Waals surface area (Å²) in [6.07, 6.45) is 0.513. The molecule has 0 saturated carbocycles. The fraction of sp³-hybridized carbons (Fsp3) is 0.231. The summed E-state index contributed by atoms with van der Waals surface area (Å²) in [6.45, 7) is 1.96. The van der Waals surface area contributed by atoms with Gasteiger partial charge in [-0.25, -0.2) is 13.8 Å². The van der Waals surface area contributed by atoms with Crippen molar-refractivity contribution in [3.05, 3.63) is 62.8 Å². The van der Waals surface area contributed by atoms with Crippen LogP contribution in [0, 0.1) is 11.6 Å². The van der Waals surface area contributed by atoms with E-state index in [1.165, 1.54) is 16.7 Å². The number of aryl methyl sites for hydroxylation is 1. The van der Waals surface area contributed by atoms with Gasteiger partial charge in [-0.15, -0.1) is 0 Å². The van der Waals surface area contributed by atoms with Crippen molar-refractivity contribution in [1.82, 2.24) is 9.55 Å². The minimum Gasteiger partial charge on any atom is -0.292 e. The third-order valence-electron chi connectivity index (χ3n) is 2.70. The van der Waals surface area contributed by atoms with Crippen LogP contribution in [-0.2, 0) is 13.0 Å². The predicted molar refractivity (Wildman–Crippen MR) is 68.3 cm³/mol. The number of halogens is 3. The Bertz CT molecular complexity index is 670. The first-order valence-electron chi connectivity index (χ1n) is 5.71. The van der Waals surface area contributed by atoms with Crippen molar-refractivity contribution in [3.8, 4) is 0 Å². The molecule has 0 amide bonds. The third-order valence-corrected chi connectivity index (χ3v) is 2.89. The molecule has 6 heteroatoms. The number of hydrogen-bond acceptors (Lipinski definition) is 2. The summed E-state index contributed by atoms with van der Waals surface area (Å²) >= 11 is 5.72. The van der Waals surface area contributed by atoms with E-state index in [9.17, 15) is 13.6 Å². The van der Waals surface area contributed by atoms with Crippen molar-refractivity contribution >= 4 is 11.6 Å². The zero-order valence-electron chi connectivity index (χ0n) is 10.2. The maximum Gasteiger partial charge on any atom is 0.255 e. The van der Waals surface area contributed by atoms with E-state index in [1.54, 1.807) is 0 Å². The van der Waals surface area contributed by atoms with Crippen LogP contribution in [0.15, 0.2) is 29.1 Å². The van der Waals surface area contributed by atoms with Crippen molar-refractivity contribution in [2.45, 2.75) is 19.9 Å². The van der Waals surface area contributed by atoms with E-state index in [2.05, 4.69) is 4.98 Å². The molecule has 19 heavy (non-hydrogen) atoms. The topological polar surface area (TPSA) is 34.9 Å². The van der Waals surface area contributed by atoms with E-state index in [1.807, 2.05) is 6.92 Å². The maximum absolute atomic E-state index is 13.1. The molecule has 100 valence electrons. The molecule has 0 spiro atoms. The van der Waals surface area contributed by atoms with Gasteiger partial charge < -0.3 is 0 Å². The Morgan fingerprint density at radius 1 is 1.26 bits per heavy atom. The number of aromatic nitrogens is 2. The van der Waals surface area contributed by atoms with Crippen molar-refractivity contribution in [3.63, 3.8) is 0 Å². The highest BCUT2D eigenvalue weighted by Gasteiger charge is 2.09. The second-order valence-electron chi connectivity index (χ2n) is 4.02. The molecule has 1 heterocycles. The summed E-state index contributed by atoms with van der Waals surface area (Å²) in [6, 6.07) is 4.72. The number of benzene rings is 1. The Morgan fingerprint density at radius 2 is 2.00 bits per heavy atom. The molecule has 0 atom stereocenters. The number of rotatable bonds is 3. The molecule has 0 unspecified atom stereocenters. The normalized spacial score (nSPS) is 10.7. The van der Waals surface area contributed by atoms with Gasteiger partial charge in [0.15, 0.2) is 11.6 Å². The van der Waals surface area contributed by atoms with Crippen molar-refractivity contribution < 1.29 is 8.78 Å². The lowest BCUT2D eigenvalue weighted by atomic mass is 10.2. The molecule has 0 aliphatic heterocycles.